The topological polar surface area (TPSA) is 73.9 Å². The number of nitrogens with one attached hydrogen (secondary N) is 1. The van der Waals surface area contributed by atoms with Gasteiger partial charge in [0, 0.05) is 19.8 Å². The lowest BCUT2D eigenvalue weighted by Gasteiger charge is -2.27. The average molecular weight is 376 g/mol. The zero-order valence-corrected chi connectivity index (χ0v) is 17.3. The highest BCUT2D eigenvalue weighted by Gasteiger charge is 2.24. The molecule has 0 radical (unpaired) electrons. The predicted octanol–water partition coefficient (Wildman–Crippen LogP) is 3.37. The number of hydrogen-bond acceptors (Lipinski definition) is 5. The van der Waals surface area contributed by atoms with Crippen molar-refractivity contribution in [1.82, 2.24) is 5.32 Å². The van der Waals surface area contributed by atoms with Crippen molar-refractivity contribution in [3.8, 4) is 0 Å². The quantitative estimate of drug-likeness (QED) is 0.529. The molecule has 0 aromatic carbocycles. The molecule has 0 bridgehead atoms. The van der Waals surface area contributed by atoms with Crippen LogP contribution in [-0.4, -0.2) is 56.9 Å². The molecule has 0 saturated heterocycles. The molecule has 1 aliphatic carbocycles. The molecule has 1 N–H and O–H groups in total. The van der Waals surface area contributed by atoms with Crippen molar-refractivity contribution in [2.75, 3.05) is 33.0 Å². The zero-order valence-electron chi connectivity index (χ0n) is 17.3. The molecule has 6 nitrogen and oxygen atoms in total. The van der Waals surface area contributed by atoms with E-state index in [4.69, 9.17) is 14.2 Å². The Labute approximate surface area is 160 Å². The number of rotatable bonds is 12. The molecule has 1 aliphatic rings. The number of ketones is 1. The van der Waals surface area contributed by atoms with E-state index in [2.05, 4.69) is 5.32 Å². The second kappa shape index (κ2) is 16.2. The first-order valence-electron chi connectivity index (χ1n) is 10.1. The van der Waals surface area contributed by atoms with Crippen molar-refractivity contribution in [2.45, 2.75) is 78.9 Å². The highest BCUT2D eigenvalue weighted by atomic mass is 16.5. The van der Waals surface area contributed by atoms with Crippen molar-refractivity contribution in [3.05, 3.63) is 0 Å². The number of amides is 1. The van der Waals surface area contributed by atoms with Gasteiger partial charge in [0.15, 0.2) is 0 Å². The minimum absolute atomic E-state index is 0. The summed E-state index contributed by atoms with van der Waals surface area (Å²) in [6.07, 6.45) is 4.14. The van der Waals surface area contributed by atoms with Gasteiger partial charge in [-0.25, -0.2) is 0 Å². The van der Waals surface area contributed by atoms with Crippen molar-refractivity contribution >= 4 is 11.7 Å². The van der Waals surface area contributed by atoms with Gasteiger partial charge in [-0.1, -0.05) is 13.8 Å². The van der Waals surface area contributed by atoms with Gasteiger partial charge in [0.05, 0.1) is 39.1 Å². The summed E-state index contributed by atoms with van der Waals surface area (Å²) < 4.78 is 16.1. The molecule has 0 aromatic heterocycles. The molecule has 156 valence electrons. The van der Waals surface area contributed by atoms with Gasteiger partial charge in [0.1, 0.15) is 5.78 Å². The Bertz CT molecular complexity index is 371. The third-order valence-corrected chi connectivity index (χ3v) is 4.19. The van der Waals surface area contributed by atoms with Gasteiger partial charge < -0.3 is 19.5 Å². The lowest BCUT2D eigenvalue weighted by atomic mass is 9.84. The third-order valence-electron chi connectivity index (χ3n) is 4.19. The first-order valence-corrected chi connectivity index (χ1v) is 10.1. The van der Waals surface area contributed by atoms with Gasteiger partial charge in [-0.05, 0) is 46.5 Å². The van der Waals surface area contributed by atoms with Crippen LogP contribution in [0.2, 0.25) is 0 Å². The average Bonchev–Trinajstić information content (AvgIpc) is 2.62. The number of ether oxygens (including phenoxy) is 3. The highest BCUT2D eigenvalue weighted by Crippen LogP contribution is 2.24. The second-order valence-corrected chi connectivity index (χ2v) is 6.62. The van der Waals surface area contributed by atoms with E-state index < -0.39 is 0 Å². The van der Waals surface area contributed by atoms with E-state index >= 15 is 0 Å². The van der Waals surface area contributed by atoms with Gasteiger partial charge >= 0.3 is 0 Å². The molecule has 0 spiro atoms. The van der Waals surface area contributed by atoms with Gasteiger partial charge in [-0.2, -0.15) is 0 Å². The van der Waals surface area contributed by atoms with Crippen LogP contribution in [0.1, 0.15) is 68.1 Å². The molecule has 0 heterocycles. The van der Waals surface area contributed by atoms with Crippen molar-refractivity contribution < 1.29 is 25.2 Å². The summed E-state index contributed by atoms with van der Waals surface area (Å²) in [5.41, 5.74) is 0. The molecule has 0 aromatic rings. The fourth-order valence-electron chi connectivity index (χ4n) is 2.77. The van der Waals surface area contributed by atoms with Gasteiger partial charge in [-0.15, -0.1) is 0 Å². The Morgan fingerprint density at radius 3 is 2.04 bits per heavy atom. The van der Waals surface area contributed by atoms with E-state index in [1.54, 1.807) is 6.92 Å². The van der Waals surface area contributed by atoms with Crippen LogP contribution in [0.25, 0.3) is 0 Å². The van der Waals surface area contributed by atoms with Gasteiger partial charge in [-0.3, -0.25) is 9.59 Å². The molecule has 0 atom stereocenters. The minimum Gasteiger partial charge on any atom is -0.379 e. The molecule has 0 aliphatic heterocycles. The van der Waals surface area contributed by atoms with Crippen LogP contribution in [-0.2, 0) is 23.8 Å². The van der Waals surface area contributed by atoms with Crippen molar-refractivity contribution in [1.29, 1.82) is 0 Å². The first kappa shape index (κ1) is 25.0. The van der Waals surface area contributed by atoms with Crippen LogP contribution in [0.3, 0.4) is 0 Å². The number of carbonyl (C=O) groups excluding carboxylic acids is 2. The Kier molecular flexibility index (Phi) is 15.6. The van der Waals surface area contributed by atoms with Crippen LogP contribution >= 0.6 is 0 Å². The maximum absolute atomic E-state index is 11.9. The Morgan fingerprint density at radius 2 is 1.50 bits per heavy atom. The van der Waals surface area contributed by atoms with E-state index in [1.165, 1.54) is 0 Å². The molecule has 1 amide bonds. The summed E-state index contributed by atoms with van der Waals surface area (Å²) in [4.78, 5) is 23.2. The van der Waals surface area contributed by atoms with E-state index in [-0.39, 0.29) is 31.2 Å². The fourth-order valence-corrected chi connectivity index (χ4v) is 2.77. The number of carbonyl (C=O) groups is 2. The van der Waals surface area contributed by atoms with Gasteiger partial charge in [0.25, 0.3) is 0 Å². The second-order valence-electron chi connectivity index (χ2n) is 6.62. The zero-order chi connectivity index (χ0) is 19.8. The number of hydrogen-bond donors (Lipinski definition) is 1. The van der Waals surface area contributed by atoms with Crippen LogP contribution in [0.5, 0.6) is 0 Å². The van der Waals surface area contributed by atoms with E-state index in [0.29, 0.717) is 39.5 Å². The van der Waals surface area contributed by atoms with Crippen molar-refractivity contribution in [3.63, 3.8) is 0 Å². The molecule has 1 fully saturated rings. The van der Waals surface area contributed by atoms with Crippen LogP contribution in [0, 0.1) is 5.92 Å². The maximum Gasteiger partial charge on any atom is 0.222 e. The maximum atomic E-state index is 11.9. The Balaban J connectivity index is 0. The SMILES string of the molecule is CC.CC(=O)C1CCC(NC(=O)CCOCCOCCOC(C)C)CC1.[HH]. The molecule has 1 saturated carbocycles. The smallest absolute Gasteiger partial charge is 0.222 e. The largest absolute Gasteiger partial charge is 0.379 e. The molecular weight excluding hydrogens is 334 g/mol. The van der Waals surface area contributed by atoms with Gasteiger partial charge in [0.2, 0.25) is 5.91 Å². The molecule has 6 heteroatoms. The summed E-state index contributed by atoms with van der Waals surface area (Å²) >= 11 is 0. The first-order chi connectivity index (χ1) is 12.5. The fraction of sp³-hybridized carbons (Fsp3) is 0.900. The standard InChI is InChI=1S/C18H33NO5.C2H6.H2/c1-14(2)24-13-12-23-11-10-22-9-8-18(21)19-17-6-4-16(5-7-17)15(3)20;1-2;/h14,16-17H,4-13H2,1-3H3,(H,19,21);1-2H3;1H. The molecule has 0 unspecified atom stereocenters. The Hall–Kier alpha value is -0.980. The van der Waals surface area contributed by atoms with E-state index in [1.807, 2.05) is 27.7 Å². The summed E-state index contributed by atoms with van der Waals surface area (Å²) in [6.45, 7) is 12.2. The van der Waals surface area contributed by atoms with E-state index in [0.717, 1.165) is 25.7 Å². The lowest BCUT2D eigenvalue weighted by Crippen LogP contribution is -2.38. The lowest BCUT2D eigenvalue weighted by molar-refractivity contribution is -0.123. The monoisotopic (exact) mass is 375 g/mol. The van der Waals surface area contributed by atoms with Crippen LogP contribution < -0.4 is 5.32 Å². The number of Topliss-reactive ketones (excluding diaryl/α,β-unsaturated/α-hetero) is 1. The molecule has 26 heavy (non-hydrogen) atoms. The summed E-state index contributed by atoms with van der Waals surface area (Å²) in [5, 5.41) is 3.03. The van der Waals surface area contributed by atoms with Crippen molar-refractivity contribution in [2.24, 2.45) is 5.92 Å². The predicted molar refractivity (Wildman–Crippen MR) is 105 cm³/mol. The molecule has 1 rings (SSSR count). The Morgan fingerprint density at radius 1 is 0.962 bits per heavy atom. The van der Waals surface area contributed by atoms with Crippen LogP contribution in [0.15, 0.2) is 0 Å². The molecular formula is C20H41NO5. The summed E-state index contributed by atoms with van der Waals surface area (Å²) in [5.74, 6) is 0.478. The third kappa shape index (κ3) is 13.3. The van der Waals surface area contributed by atoms with E-state index in [9.17, 15) is 9.59 Å². The highest BCUT2D eigenvalue weighted by molar-refractivity contribution is 5.78. The normalized spacial score (nSPS) is 19.6. The summed E-state index contributed by atoms with van der Waals surface area (Å²) in [6, 6.07) is 0.206. The summed E-state index contributed by atoms with van der Waals surface area (Å²) in [7, 11) is 0. The van der Waals surface area contributed by atoms with Crippen LogP contribution in [0.4, 0.5) is 0 Å². The minimum atomic E-state index is 0.